The monoisotopic (exact) mass is 288 g/mol. The molecular formula is C13H24N2O5. The van der Waals surface area contributed by atoms with Crippen molar-refractivity contribution in [2.45, 2.75) is 52.7 Å². The van der Waals surface area contributed by atoms with E-state index in [1.165, 1.54) is 0 Å². The van der Waals surface area contributed by atoms with E-state index in [9.17, 15) is 14.4 Å². The zero-order valence-electron chi connectivity index (χ0n) is 12.7. The van der Waals surface area contributed by atoms with Crippen LogP contribution in [0.25, 0.3) is 0 Å². The molecule has 116 valence electrons. The standard InChI is InChI=1S/C13H24N2O5/c1-8(2)6-9(11(17)19-7-10(14)16)15-12(18)20-13(3,4)5/h8-9H,6-7H2,1-5H3,(H2,14,16)(H,15,18). The van der Waals surface area contributed by atoms with Gasteiger partial charge in [0.1, 0.15) is 11.6 Å². The molecular weight excluding hydrogens is 264 g/mol. The Labute approximate surface area is 119 Å². The molecule has 3 N–H and O–H groups in total. The summed E-state index contributed by atoms with van der Waals surface area (Å²) in [6.07, 6.45) is -0.337. The first-order valence-corrected chi connectivity index (χ1v) is 6.45. The fourth-order valence-electron chi connectivity index (χ4n) is 1.38. The van der Waals surface area contributed by atoms with Gasteiger partial charge in [-0.05, 0) is 33.1 Å². The van der Waals surface area contributed by atoms with Crippen LogP contribution in [0, 0.1) is 5.92 Å². The van der Waals surface area contributed by atoms with Gasteiger partial charge in [0.25, 0.3) is 5.91 Å². The molecule has 7 nitrogen and oxygen atoms in total. The van der Waals surface area contributed by atoms with E-state index in [-0.39, 0.29) is 5.92 Å². The van der Waals surface area contributed by atoms with Crippen LogP contribution in [0.4, 0.5) is 4.79 Å². The first-order chi connectivity index (χ1) is 9.01. The highest BCUT2D eigenvalue weighted by Gasteiger charge is 2.26. The minimum Gasteiger partial charge on any atom is -0.454 e. The lowest BCUT2D eigenvalue weighted by atomic mass is 10.0. The molecule has 2 amide bonds. The van der Waals surface area contributed by atoms with Crippen molar-refractivity contribution in [3.05, 3.63) is 0 Å². The first kappa shape index (κ1) is 18.2. The maximum Gasteiger partial charge on any atom is 0.408 e. The molecule has 1 atom stereocenters. The fourth-order valence-corrected chi connectivity index (χ4v) is 1.38. The number of primary amides is 1. The van der Waals surface area contributed by atoms with E-state index in [1.54, 1.807) is 20.8 Å². The van der Waals surface area contributed by atoms with E-state index >= 15 is 0 Å². The minimum absolute atomic E-state index is 0.149. The molecule has 20 heavy (non-hydrogen) atoms. The van der Waals surface area contributed by atoms with Crippen molar-refractivity contribution in [1.82, 2.24) is 5.32 Å². The van der Waals surface area contributed by atoms with Crippen LogP contribution in [-0.4, -0.2) is 36.2 Å². The topological polar surface area (TPSA) is 108 Å². The van der Waals surface area contributed by atoms with Crippen molar-refractivity contribution < 1.29 is 23.9 Å². The molecule has 0 heterocycles. The number of nitrogens with two attached hydrogens (primary N) is 1. The van der Waals surface area contributed by atoms with Gasteiger partial charge in [-0.3, -0.25) is 4.79 Å². The number of rotatable bonds is 6. The second-order valence-corrected chi connectivity index (χ2v) is 5.90. The van der Waals surface area contributed by atoms with Gasteiger partial charge in [-0.25, -0.2) is 9.59 Å². The quantitative estimate of drug-likeness (QED) is 0.708. The normalized spacial score (nSPS) is 12.7. The molecule has 0 aliphatic rings. The number of alkyl carbamates (subject to hydrolysis) is 1. The number of amides is 2. The molecule has 1 unspecified atom stereocenters. The van der Waals surface area contributed by atoms with E-state index in [1.807, 2.05) is 13.8 Å². The van der Waals surface area contributed by atoms with E-state index in [0.29, 0.717) is 6.42 Å². The van der Waals surface area contributed by atoms with Crippen molar-refractivity contribution in [1.29, 1.82) is 0 Å². The number of hydrogen-bond acceptors (Lipinski definition) is 5. The highest BCUT2D eigenvalue weighted by Crippen LogP contribution is 2.10. The van der Waals surface area contributed by atoms with Crippen molar-refractivity contribution in [3.63, 3.8) is 0 Å². The van der Waals surface area contributed by atoms with Crippen molar-refractivity contribution in [2.24, 2.45) is 11.7 Å². The van der Waals surface area contributed by atoms with Crippen LogP contribution < -0.4 is 11.1 Å². The predicted molar refractivity (Wildman–Crippen MR) is 72.8 cm³/mol. The predicted octanol–water partition coefficient (Wildman–Crippen LogP) is 0.954. The zero-order chi connectivity index (χ0) is 15.9. The molecule has 0 saturated carbocycles. The minimum atomic E-state index is -0.871. The number of carbonyl (C=O) groups is 3. The Morgan fingerprint density at radius 1 is 1.20 bits per heavy atom. The average Bonchev–Trinajstić information content (AvgIpc) is 2.21. The Kier molecular flexibility index (Phi) is 7.02. The summed E-state index contributed by atoms with van der Waals surface area (Å²) < 4.78 is 9.79. The third kappa shape index (κ3) is 9.18. The van der Waals surface area contributed by atoms with Crippen molar-refractivity contribution in [3.8, 4) is 0 Å². The largest absolute Gasteiger partial charge is 0.454 e. The van der Waals surface area contributed by atoms with Gasteiger partial charge in [-0.1, -0.05) is 13.8 Å². The highest BCUT2D eigenvalue weighted by atomic mass is 16.6. The summed E-state index contributed by atoms with van der Waals surface area (Å²) in [6, 6.07) is -0.871. The summed E-state index contributed by atoms with van der Waals surface area (Å²) in [7, 11) is 0. The van der Waals surface area contributed by atoms with Gasteiger partial charge in [-0.2, -0.15) is 0 Å². The summed E-state index contributed by atoms with van der Waals surface area (Å²) in [6.45, 7) is 8.43. The highest BCUT2D eigenvalue weighted by molar-refractivity contribution is 5.84. The van der Waals surface area contributed by atoms with Gasteiger partial charge in [0.2, 0.25) is 0 Å². The fraction of sp³-hybridized carbons (Fsp3) is 0.769. The number of hydrogen-bond donors (Lipinski definition) is 2. The summed E-state index contributed by atoms with van der Waals surface area (Å²) in [5, 5.41) is 2.44. The summed E-state index contributed by atoms with van der Waals surface area (Å²) in [5.74, 6) is -1.31. The summed E-state index contributed by atoms with van der Waals surface area (Å²) in [4.78, 5) is 34.0. The third-order valence-electron chi connectivity index (χ3n) is 2.04. The lowest BCUT2D eigenvalue weighted by molar-refractivity contribution is -0.150. The smallest absolute Gasteiger partial charge is 0.408 e. The Hall–Kier alpha value is -1.79. The Bertz CT molecular complexity index is 360. The average molecular weight is 288 g/mol. The number of nitrogens with one attached hydrogen (secondary N) is 1. The van der Waals surface area contributed by atoms with Crippen LogP contribution in [0.3, 0.4) is 0 Å². The van der Waals surface area contributed by atoms with Crippen molar-refractivity contribution >= 4 is 18.0 Å². The van der Waals surface area contributed by atoms with Crippen LogP contribution in [0.1, 0.15) is 41.0 Å². The van der Waals surface area contributed by atoms with E-state index in [2.05, 4.69) is 5.32 Å². The molecule has 0 fully saturated rings. The van der Waals surface area contributed by atoms with Gasteiger partial charge in [0.05, 0.1) is 0 Å². The summed E-state index contributed by atoms with van der Waals surface area (Å²) in [5.41, 5.74) is 4.24. The molecule has 0 radical (unpaired) electrons. The molecule has 0 aliphatic heterocycles. The Balaban J connectivity index is 4.59. The van der Waals surface area contributed by atoms with E-state index < -0.39 is 36.2 Å². The van der Waals surface area contributed by atoms with Crippen LogP contribution in [0.5, 0.6) is 0 Å². The molecule has 0 saturated heterocycles. The second kappa shape index (κ2) is 7.72. The molecule has 0 spiro atoms. The molecule has 0 aromatic carbocycles. The van der Waals surface area contributed by atoms with E-state index in [0.717, 1.165) is 0 Å². The van der Waals surface area contributed by atoms with Crippen LogP contribution >= 0.6 is 0 Å². The third-order valence-corrected chi connectivity index (χ3v) is 2.04. The van der Waals surface area contributed by atoms with E-state index in [4.69, 9.17) is 15.2 Å². The lowest BCUT2D eigenvalue weighted by Crippen LogP contribution is -2.45. The first-order valence-electron chi connectivity index (χ1n) is 6.45. The maximum absolute atomic E-state index is 11.8. The molecule has 7 heteroatoms. The second-order valence-electron chi connectivity index (χ2n) is 5.90. The molecule has 0 aliphatic carbocycles. The van der Waals surface area contributed by atoms with Crippen LogP contribution in [-0.2, 0) is 19.1 Å². The van der Waals surface area contributed by atoms with Gasteiger partial charge < -0.3 is 20.5 Å². The van der Waals surface area contributed by atoms with Gasteiger partial charge in [0, 0.05) is 0 Å². The number of carbonyl (C=O) groups excluding carboxylic acids is 3. The molecule has 0 rings (SSSR count). The van der Waals surface area contributed by atoms with Gasteiger partial charge >= 0.3 is 12.1 Å². The van der Waals surface area contributed by atoms with Gasteiger partial charge in [0.15, 0.2) is 6.61 Å². The maximum atomic E-state index is 11.8. The van der Waals surface area contributed by atoms with Crippen LogP contribution in [0.15, 0.2) is 0 Å². The Morgan fingerprint density at radius 2 is 1.75 bits per heavy atom. The zero-order valence-corrected chi connectivity index (χ0v) is 12.7. The van der Waals surface area contributed by atoms with Gasteiger partial charge in [-0.15, -0.1) is 0 Å². The molecule has 0 aromatic heterocycles. The summed E-state index contributed by atoms with van der Waals surface area (Å²) >= 11 is 0. The molecule has 0 aromatic rings. The SMILES string of the molecule is CC(C)CC(NC(=O)OC(C)(C)C)C(=O)OCC(N)=O. The number of esters is 1. The molecule has 0 bridgehead atoms. The van der Waals surface area contributed by atoms with Crippen LogP contribution in [0.2, 0.25) is 0 Å². The van der Waals surface area contributed by atoms with Crippen molar-refractivity contribution in [2.75, 3.05) is 6.61 Å². The lowest BCUT2D eigenvalue weighted by Gasteiger charge is -2.23. The number of ether oxygens (including phenoxy) is 2. The Morgan fingerprint density at radius 3 is 2.15 bits per heavy atom.